The summed E-state index contributed by atoms with van der Waals surface area (Å²) in [6.45, 7) is 3.72. The minimum atomic E-state index is -0.533. The summed E-state index contributed by atoms with van der Waals surface area (Å²) in [6.07, 6.45) is 1.47. The Kier molecular flexibility index (Phi) is 5.09. The van der Waals surface area contributed by atoms with Gasteiger partial charge >= 0.3 is 0 Å². The summed E-state index contributed by atoms with van der Waals surface area (Å²) in [5, 5.41) is 4.99. The van der Waals surface area contributed by atoms with Gasteiger partial charge in [0.05, 0.1) is 18.8 Å². The lowest BCUT2D eigenvalue weighted by Crippen LogP contribution is -2.28. The fraction of sp³-hybridized carbons (Fsp3) is 0.0556. The van der Waals surface area contributed by atoms with E-state index in [1.54, 1.807) is 7.11 Å². The Morgan fingerprint density at radius 2 is 1.18 bits per heavy atom. The van der Waals surface area contributed by atoms with Crippen molar-refractivity contribution in [2.45, 2.75) is 5.41 Å². The first-order valence-corrected chi connectivity index (χ1v) is 12.8. The Bertz CT molecular complexity index is 1830. The molecule has 0 aliphatic heterocycles. The van der Waals surface area contributed by atoms with Crippen molar-refractivity contribution in [3.05, 3.63) is 156 Å². The summed E-state index contributed by atoms with van der Waals surface area (Å²) >= 11 is 0. The van der Waals surface area contributed by atoms with Crippen molar-refractivity contribution >= 4 is 21.5 Å². The molecule has 0 fully saturated rings. The lowest BCUT2D eigenvalue weighted by atomic mass is 9.66. The van der Waals surface area contributed by atoms with Gasteiger partial charge in [0.2, 0.25) is 0 Å². The first-order valence-electron chi connectivity index (χ1n) is 12.8. The van der Waals surface area contributed by atoms with Gasteiger partial charge in [-0.25, -0.2) is 0 Å². The summed E-state index contributed by atoms with van der Waals surface area (Å²) in [5.41, 5.74) is 7.01. The van der Waals surface area contributed by atoms with Gasteiger partial charge in [0.1, 0.15) is 11.5 Å². The van der Waals surface area contributed by atoms with E-state index in [1.165, 1.54) is 61.2 Å². The summed E-state index contributed by atoms with van der Waals surface area (Å²) in [6, 6.07) is 43.6. The molecule has 2 nitrogen and oxygen atoms in total. The van der Waals surface area contributed by atoms with Crippen molar-refractivity contribution in [1.82, 2.24) is 0 Å². The second kappa shape index (κ2) is 8.64. The standard InChI is InChI=1S/C36H26O2/c1-3-38-29-20-16-27(17-21-29)36(26-14-18-28(37-2)19-15-26)33-23-13-24-8-4-6-10-30(24)34(33)32-22-12-25-9-5-7-11-31(25)35(32)36/h3-23H,1H2,2H3. The topological polar surface area (TPSA) is 18.5 Å². The van der Waals surface area contributed by atoms with Crippen molar-refractivity contribution < 1.29 is 9.47 Å². The van der Waals surface area contributed by atoms with Gasteiger partial charge in [0, 0.05) is 0 Å². The molecule has 7 rings (SSSR count). The molecule has 2 heteroatoms. The molecule has 0 saturated carbocycles. The SMILES string of the molecule is C=COc1ccc(C2(c3ccc(OC)cc3)c3ccc4ccccc4c3-c3ccc4ccccc4c32)cc1. The van der Waals surface area contributed by atoms with Crippen LogP contribution in [0, 0.1) is 0 Å². The van der Waals surface area contributed by atoms with Crippen molar-refractivity contribution in [2.75, 3.05) is 7.11 Å². The number of fused-ring (bicyclic) bond motifs is 7. The molecule has 0 N–H and O–H groups in total. The Morgan fingerprint density at radius 3 is 1.84 bits per heavy atom. The van der Waals surface area contributed by atoms with E-state index >= 15 is 0 Å². The van der Waals surface area contributed by atoms with Crippen LogP contribution in [0.1, 0.15) is 22.3 Å². The van der Waals surface area contributed by atoms with Crippen molar-refractivity contribution in [3.63, 3.8) is 0 Å². The molecular formula is C36H26O2. The molecular weight excluding hydrogens is 464 g/mol. The maximum Gasteiger partial charge on any atom is 0.126 e. The van der Waals surface area contributed by atoms with E-state index in [9.17, 15) is 0 Å². The van der Waals surface area contributed by atoms with E-state index in [0.29, 0.717) is 0 Å². The predicted octanol–water partition coefficient (Wildman–Crippen LogP) is 8.89. The van der Waals surface area contributed by atoms with Gasteiger partial charge in [-0.15, -0.1) is 0 Å². The van der Waals surface area contributed by atoms with Gasteiger partial charge in [0.25, 0.3) is 0 Å². The quantitative estimate of drug-likeness (QED) is 0.224. The molecule has 6 aromatic carbocycles. The maximum absolute atomic E-state index is 5.61. The normalized spacial score (nSPS) is 15.7. The molecule has 1 atom stereocenters. The molecule has 0 saturated heterocycles. The van der Waals surface area contributed by atoms with Crippen LogP contribution in [0.4, 0.5) is 0 Å². The van der Waals surface area contributed by atoms with Crippen LogP contribution in [0.2, 0.25) is 0 Å². The van der Waals surface area contributed by atoms with Crippen molar-refractivity contribution in [1.29, 1.82) is 0 Å². The van der Waals surface area contributed by atoms with Crippen LogP contribution in [0.15, 0.2) is 134 Å². The van der Waals surface area contributed by atoms with Crippen LogP contribution in [-0.4, -0.2) is 7.11 Å². The van der Waals surface area contributed by atoms with E-state index in [-0.39, 0.29) is 0 Å². The fourth-order valence-corrected chi connectivity index (χ4v) is 6.38. The number of methoxy groups -OCH3 is 1. The second-order valence-corrected chi connectivity index (χ2v) is 9.71. The third-order valence-corrected chi connectivity index (χ3v) is 7.94. The number of hydrogen-bond donors (Lipinski definition) is 0. The van der Waals surface area contributed by atoms with Crippen LogP contribution < -0.4 is 9.47 Å². The first-order chi connectivity index (χ1) is 18.8. The van der Waals surface area contributed by atoms with E-state index in [0.717, 1.165) is 11.5 Å². The highest BCUT2D eigenvalue weighted by Gasteiger charge is 2.47. The van der Waals surface area contributed by atoms with Gasteiger partial charge in [0.15, 0.2) is 0 Å². The minimum absolute atomic E-state index is 0.533. The molecule has 1 aliphatic rings. The number of hydrogen-bond acceptors (Lipinski definition) is 2. The second-order valence-electron chi connectivity index (χ2n) is 9.71. The molecule has 0 amide bonds. The highest BCUT2D eigenvalue weighted by atomic mass is 16.5. The molecule has 1 unspecified atom stereocenters. The van der Waals surface area contributed by atoms with Gasteiger partial charge in [-0.05, 0) is 79.2 Å². The fourth-order valence-electron chi connectivity index (χ4n) is 6.38. The van der Waals surface area contributed by atoms with E-state index in [1.807, 2.05) is 12.1 Å². The third-order valence-electron chi connectivity index (χ3n) is 7.94. The maximum atomic E-state index is 5.61. The van der Waals surface area contributed by atoms with Crippen LogP contribution in [0.5, 0.6) is 11.5 Å². The smallest absolute Gasteiger partial charge is 0.126 e. The van der Waals surface area contributed by atoms with Gasteiger partial charge in [-0.1, -0.05) is 104 Å². The zero-order chi connectivity index (χ0) is 25.7. The molecule has 1 aliphatic carbocycles. The lowest BCUT2D eigenvalue weighted by molar-refractivity contribution is 0.414. The predicted molar refractivity (Wildman–Crippen MR) is 156 cm³/mol. The molecule has 0 spiro atoms. The highest BCUT2D eigenvalue weighted by Crippen LogP contribution is 2.59. The minimum Gasteiger partial charge on any atom is -0.497 e. The number of rotatable bonds is 5. The summed E-state index contributed by atoms with van der Waals surface area (Å²) < 4.78 is 11.2. The van der Waals surface area contributed by atoms with E-state index in [2.05, 4.69) is 116 Å². The van der Waals surface area contributed by atoms with Gasteiger partial charge in [-0.3, -0.25) is 0 Å². The summed E-state index contributed by atoms with van der Waals surface area (Å²) in [7, 11) is 1.71. The van der Waals surface area contributed by atoms with Gasteiger partial charge in [-0.2, -0.15) is 0 Å². The van der Waals surface area contributed by atoms with Crippen LogP contribution in [-0.2, 0) is 5.41 Å². The van der Waals surface area contributed by atoms with Crippen LogP contribution in [0.25, 0.3) is 32.7 Å². The zero-order valence-electron chi connectivity index (χ0n) is 21.1. The lowest BCUT2D eigenvalue weighted by Gasteiger charge is -2.35. The Hall–Kier alpha value is -4.82. The van der Waals surface area contributed by atoms with Crippen LogP contribution in [0.3, 0.4) is 0 Å². The average Bonchev–Trinajstić information content (AvgIpc) is 3.30. The first kappa shape index (κ1) is 22.4. The van der Waals surface area contributed by atoms with Crippen LogP contribution >= 0.6 is 0 Å². The molecule has 0 heterocycles. The molecule has 6 aromatic rings. The van der Waals surface area contributed by atoms with E-state index < -0.39 is 5.41 Å². The van der Waals surface area contributed by atoms with Crippen molar-refractivity contribution in [2.24, 2.45) is 0 Å². The van der Waals surface area contributed by atoms with E-state index in [4.69, 9.17) is 9.47 Å². The molecule has 0 bridgehead atoms. The molecule has 182 valence electrons. The summed E-state index contributed by atoms with van der Waals surface area (Å²) in [4.78, 5) is 0. The molecule has 0 radical (unpaired) electrons. The molecule has 38 heavy (non-hydrogen) atoms. The summed E-state index contributed by atoms with van der Waals surface area (Å²) in [5.74, 6) is 1.61. The third kappa shape index (κ3) is 3.07. The average molecular weight is 491 g/mol. The zero-order valence-corrected chi connectivity index (χ0v) is 21.1. The Morgan fingerprint density at radius 1 is 0.605 bits per heavy atom. The van der Waals surface area contributed by atoms with Gasteiger partial charge < -0.3 is 9.47 Å². The van der Waals surface area contributed by atoms with Crippen molar-refractivity contribution in [3.8, 4) is 22.6 Å². The Balaban J connectivity index is 1.68. The number of benzene rings is 6. The highest BCUT2D eigenvalue weighted by molar-refractivity contribution is 6.08. The number of ether oxygens (including phenoxy) is 2. The Labute approximate surface area is 222 Å². The molecule has 0 aromatic heterocycles. The monoisotopic (exact) mass is 490 g/mol. The largest absolute Gasteiger partial charge is 0.497 e.